The van der Waals surface area contributed by atoms with Gasteiger partial charge in [-0.2, -0.15) is 13.2 Å². The molecule has 0 fully saturated rings. The normalized spacial score (nSPS) is 11.2. The molecule has 0 spiro atoms. The van der Waals surface area contributed by atoms with Gasteiger partial charge >= 0.3 is 18.2 Å². The fraction of sp³-hybridized carbons (Fsp3) is 0.259. The number of halogens is 4. The van der Waals surface area contributed by atoms with Crippen molar-refractivity contribution in [2.75, 3.05) is 13.7 Å². The minimum Gasteiger partial charge on any atom is -0.496 e. The standard InChI is InChI=1S/C27H25ClF3NO5/c1-3-32(26(35)37-16-18-5-4-6-21(28)11-18)15-19-14-20(27(29,30)31)8-9-22(19)23-12-17(13-25(33)34)7-10-24(23)36-2/h4-12,14H,3,13,15-16H2,1-2H3,(H,33,34). The van der Waals surface area contributed by atoms with Crippen LogP contribution < -0.4 is 4.74 Å². The van der Waals surface area contributed by atoms with Gasteiger partial charge in [-0.05, 0) is 65.6 Å². The van der Waals surface area contributed by atoms with Gasteiger partial charge in [0.1, 0.15) is 12.4 Å². The number of rotatable bonds is 9. The van der Waals surface area contributed by atoms with E-state index in [0.717, 1.165) is 12.1 Å². The van der Waals surface area contributed by atoms with E-state index in [1.165, 1.54) is 18.1 Å². The lowest BCUT2D eigenvalue weighted by molar-refractivity contribution is -0.138. The number of carboxylic acids is 1. The number of alkyl halides is 3. The minimum atomic E-state index is -4.60. The van der Waals surface area contributed by atoms with Gasteiger partial charge in [0, 0.05) is 23.7 Å². The molecule has 6 nitrogen and oxygen atoms in total. The molecule has 0 aliphatic heterocycles. The number of benzene rings is 3. The van der Waals surface area contributed by atoms with E-state index in [0.29, 0.717) is 33.0 Å². The second kappa shape index (κ2) is 12.0. The van der Waals surface area contributed by atoms with Gasteiger partial charge in [-0.15, -0.1) is 0 Å². The number of hydrogen-bond donors (Lipinski definition) is 1. The molecule has 0 atom stereocenters. The van der Waals surface area contributed by atoms with Crippen LogP contribution in [0.4, 0.5) is 18.0 Å². The molecule has 3 rings (SSSR count). The zero-order chi connectivity index (χ0) is 27.2. The number of carboxylic acid groups (broad SMARTS) is 1. The zero-order valence-electron chi connectivity index (χ0n) is 20.1. The van der Waals surface area contributed by atoms with Crippen molar-refractivity contribution in [1.29, 1.82) is 0 Å². The fourth-order valence-corrected chi connectivity index (χ4v) is 4.00. The molecule has 0 heterocycles. The first-order valence-corrected chi connectivity index (χ1v) is 11.6. The van der Waals surface area contributed by atoms with Crippen molar-refractivity contribution in [2.45, 2.75) is 32.7 Å². The molecule has 196 valence electrons. The van der Waals surface area contributed by atoms with Crippen LogP contribution in [0, 0.1) is 0 Å². The Kier molecular flexibility index (Phi) is 9.04. The number of hydrogen-bond acceptors (Lipinski definition) is 4. The van der Waals surface area contributed by atoms with Gasteiger partial charge < -0.3 is 19.5 Å². The van der Waals surface area contributed by atoms with Crippen molar-refractivity contribution in [3.63, 3.8) is 0 Å². The molecule has 0 aliphatic carbocycles. The van der Waals surface area contributed by atoms with Crippen LogP contribution in [0.2, 0.25) is 5.02 Å². The lowest BCUT2D eigenvalue weighted by Crippen LogP contribution is -2.31. The predicted molar refractivity (Wildman–Crippen MR) is 132 cm³/mol. The van der Waals surface area contributed by atoms with Crippen LogP contribution in [-0.2, 0) is 35.3 Å². The highest BCUT2D eigenvalue weighted by molar-refractivity contribution is 6.30. The van der Waals surface area contributed by atoms with E-state index < -0.39 is 23.8 Å². The summed E-state index contributed by atoms with van der Waals surface area (Å²) < 4.78 is 51.5. The Morgan fingerprint density at radius 2 is 1.76 bits per heavy atom. The van der Waals surface area contributed by atoms with E-state index in [-0.39, 0.29) is 31.7 Å². The molecule has 0 bridgehead atoms. The summed E-state index contributed by atoms with van der Waals surface area (Å²) in [4.78, 5) is 25.3. The van der Waals surface area contributed by atoms with Crippen LogP contribution in [-0.4, -0.2) is 35.7 Å². The molecule has 10 heteroatoms. The molecule has 0 aromatic heterocycles. The lowest BCUT2D eigenvalue weighted by Gasteiger charge is -2.23. The van der Waals surface area contributed by atoms with Gasteiger partial charge in [0.25, 0.3) is 0 Å². The Labute approximate surface area is 217 Å². The second-order valence-electron chi connectivity index (χ2n) is 8.17. The van der Waals surface area contributed by atoms with Crippen molar-refractivity contribution in [2.24, 2.45) is 0 Å². The van der Waals surface area contributed by atoms with Crippen LogP contribution in [0.3, 0.4) is 0 Å². The Balaban J connectivity index is 1.98. The number of ether oxygens (including phenoxy) is 2. The number of nitrogens with zero attached hydrogens (tertiary/aromatic N) is 1. The highest BCUT2D eigenvalue weighted by Gasteiger charge is 2.32. The molecule has 0 radical (unpaired) electrons. The number of methoxy groups -OCH3 is 1. The topological polar surface area (TPSA) is 76.1 Å². The van der Waals surface area contributed by atoms with Gasteiger partial charge in [0.15, 0.2) is 0 Å². The SMILES string of the molecule is CCN(Cc1cc(C(F)(F)F)ccc1-c1cc(CC(=O)O)ccc1OC)C(=O)OCc1cccc(Cl)c1. The van der Waals surface area contributed by atoms with Crippen LogP contribution in [0.15, 0.2) is 60.7 Å². The maximum absolute atomic E-state index is 13.6. The third kappa shape index (κ3) is 7.39. The summed E-state index contributed by atoms with van der Waals surface area (Å²) in [6.07, 6.45) is -5.59. The van der Waals surface area contributed by atoms with E-state index in [9.17, 15) is 27.9 Å². The van der Waals surface area contributed by atoms with Gasteiger partial charge in [0.05, 0.1) is 19.1 Å². The van der Waals surface area contributed by atoms with Crippen LogP contribution in [0.25, 0.3) is 11.1 Å². The average molecular weight is 536 g/mol. The largest absolute Gasteiger partial charge is 0.496 e. The van der Waals surface area contributed by atoms with Crippen LogP contribution in [0.5, 0.6) is 5.75 Å². The third-order valence-electron chi connectivity index (χ3n) is 5.59. The molecule has 37 heavy (non-hydrogen) atoms. The molecule has 0 saturated carbocycles. The molecule has 3 aromatic rings. The van der Waals surface area contributed by atoms with Gasteiger partial charge in [-0.25, -0.2) is 4.79 Å². The molecule has 1 N–H and O–H groups in total. The second-order valence-corrected chi connectivity index (χ2v) is 8.61. The molecular formula is C27H25ClF3NO5. The molecule has 0 saturated heterocycles. The van der Waals surface area contributed by atoms with Crippen molar-refractivity contribution < 1.29 is 37.3 Å². The average Bonchev–Trinajstić information content (AvgIpc) is 2.84. The quantitative estimate of drug-likeness (QED) is 0.325. The van der Waals surface area contributed by atoms with E-state index in [1.807, 2.05) is 0 Å². The summed E-state index contributed by atoms with van der Waals surface area (Å²) >= 11 is 5.96. The molecule has 1 amide bonds. The lowest BCUT2D eigenvalue weighted by atomic mass is 9.94. The van der Waals surface area contributed by atoms with Gasteiger partial charge in [-0.3, -0.25) is 4.79 Å². The summed E-state index contributed by atoms with van der Waals surface area (Å²) in [7, 11) is 1.41. The van der Waals surface area contributed by atoms with Crippen molar-refractivity contribution in [3.05, 3.63) is 87.9 Å². The minimum absolute atomic E-state index is 0.0591. The summed E-state index contributed by atoms with van der Waals surface area (Å²) in [6.45, 7) is 1.61. The molecule has 0 aliphatic rings. The van der Waals surface area contributed by atoms with Crippen LogP contribution in [0.1, 0.15) is 29.2 Å². The van der Waals surface area contributed by atoms with Crippen LogP contribution >= 0.6 is 11.6 Å². The summed E-state index contributed by atoms with van der Waals surface area (Å²) in [5.41, 5.74) is 1.21. The number of carbonyl (C=O) groups excluding carboxylic acids is 1. The van der Waals surface area contributed by atoms with E-state index in [4.69, 9.17) is 21.1 Å². The monoisotopic (exact) mass is 535 g/mol. The first-order chi connectivity index (χ1) is 17.5. The zero-order valence-corrected chi connectivity index (χ0v) is 20.9. The maximum atomic E-state index is 13.6. The first kappa shape index (κ1) is 27.9. The summed E-state index contributed by atoms with van der Waals surface area (Å²) in [5.74, 6) is -0.704. The first-order valence-electron chi connectivity index (χ1n) is 11.3. The van der Waals surface area contributed by atoms with Crippen molar-refractivity contribution in [1.82, 2.24) is 4.90 Å². The Bertz CT molecular complexity index is 1280. The summed E-state index contributed by atoms with van der Waals surface area (Å²) in [5, 5.41) is 9.65. The van der Waals surface area contributed by atoms with E-state index in [1.54, 1.807) is 49.4 Å². The van der Waals surface area contributed by atoms with Crippen molar-refractivity contribution in [3.8, 4) is 16.9 Å². The third-order valence-corrected chi connectivity index (χ3v) is 5.83. The highest BCUT2D eigenvalue weighted by Crippen LogP contribution is 2.38. The summed E-state index contributed by atoms with van der Waals surface area (Å²) in [6, 6.07) is 14.7. The number of amides is 1. The van der Waals surface area contributed by atoms with Gasteiger partial charge in [0.2, 0.25) is 0 Å². The Hall–Kier alpha value is -3.72. The van der Waals surface area contributed by atoms with E-state index >= 15 is 0 Å². The van der Waals surface area contributed by atoms with Crippen molar-refractivity contribution >= 4 is 23.7 Å². The fourth-order valence-electron chi connectivity index (χ4n) is 3.79. The van der Waals surface area contributed by atoms with E-state index in [2.05, 4.69) is 0 Å². The highest BCUT2D eigenvalue weighted by atomic mass is 35.5. The van der Waals surface area contributed by atoms with Gasteiger partial charge in [-0.1, -0.05) is 35.9 Å². The molecular weight excluding hydrogens is 511 g/mol. The number of carbonyl (C=O) groups is 2. The smallest absolute Gasteiger partial charge is 0.416 e. The molecule has 0 unspecified atom stereocenters. The molecule has 3 aromatic carbocycles. The number of aliphatic carboxylic acids is 1. The Morgan fingerprint density at radius 1 is 1.00 bits per heavy atom. The maximum Gasteiger partial charge on any atom is 0.416 e. The predicted octanol–water partition coefficient (Wildman–Crippen LogP) is 6.82. The Morgan fingerprint density at radius 3 is 2.38 bits per heavy atom.